The number of carbonyl (C=O) groups is 1. The summed E-state index contributed by atoms with van der Waals surface area (Å²) in [6.45, 7) is 2.45. The molecule has 0 heterocycles. The molecule has 1 unspecified atom stereocenters. The molecule has 116 valence electrons. The fourth-order valence-electron chi connectivity index (χ4n) is 2.80. The molecule has 0 spiro atoms. The van der Waals surface area contributed by atoms with Crippen molar-refractivity contribution < 1.29 is 9.53 Å². The van der Waals surface area contributed by atoms with Crippen LogP contribution in [0.1, 0.15) is 18.1 Å². The lowest BCUT2D eigenvalue weighted by Gasteiger charge is -2.16. The summed E-state index contributed by atoms with van der Waals surface area (Å²) in [6, 6.07) is 19.9. The van der Waals surface area contributed by atoms with Crippen molar-refractivity contribution >= 4 is 17.3 Å². The van der Waals surface area contributed by atoms with Gasteiger partial charge in [0.25, 0.3) is 0 Å². The Bertz CT molecular complexity index is 763. The van der Waals surface area contributed by atoms with E-state index in [4.69, 9.17) is 4.74 Å². The molecule has 2 aromatic rings. The van der Waals surface area contributed by atoms with Crippen molar-refractivity contribution in [3.63, 3.8) is 0 Å². The summed E-state index contributed by atoms with van der Waals surface area (Å²) < 4.78 is 5.03. The summed E-state index contributed by atoms with van der Waals surface area (Å²) in [4.78, 5) is 17.0. The average molecular weight is 305 g/mol. The van der Waals surface area contributed by atoms with E-state index >= 15 is 0 Å². The summed E-state index contributed by atoms with van der Waals surface area (Å²) in [5, 5.41) is 0. The zero-order chi connectivity index (χ0) is 16.3. The second kappa shape index (κ2) is 6.21. The minimum atomic E-state index is -0.801. The summed E-state index contributed by atoms with van der Waals surface area (Å²) >= 11 is 0. The van der Waals surface area contributed by atoms with Crippen LogP contribution in [0.15, 0.2) is 71.7 Å². The number of rotatable bonds is 5. The Balaban J connectivity index is 1.85. The minimum absolute atomic E-state index is 0.273. The highest BCUT2D eigenvalue weighted by atomic mass is 16.5. The third-order valence-corrected chi connectivity index (χ3v) is 4.21. The summed E-state index contributed by atoms with van der Waals surface area (Å²) in [6.07, 6.45) is 1.94. The molecule has 0 bridgehead atoms. The van der Waals surface area contributed by atoms with Gasteiger partial charge in [-0.05, 0) is 23.6 Å². The molecule has 3 nitrogen and oxygen atoms in total. The maximum atomic E-state index is 12.4. The smallest absolute Gasteiger partial charge is 0.326 e. The summed E-state index contributed by atoms with van der Waals surface area (Å²) in [5.74, 6) is -0.273. The molecule has 3 rings (SSSR count). The zero-order valence-corrected chi connectivity index (χ0v) is 13.3. The first-order chi connectivity index (χ1) is 11.2. The van der Waals surface area contributed by atoms with Crippen LogP contribution in [-0.2, 0) is 16.1 Å². The Hall–Kier alpha value is -2.68. The lowest BCUT2D eigenvalue weighted by atomic mass is 9.91. The van der Waals surface area contributed by atoms with E-state index in [0.717, 1.165) is 22.4 Å². The lowest BCUT2D eigenvalue weighted by Crippen LogP contribution is -2.28. The van der Waals surface area contributed by atoms with Crippen LogP contribution in [0.25, 0.3) is 5.57 Å². The monoisotopic (exact) mass is 305 g/mol. The van der Waals surface area contributed by atoms with Crippen LogP contribution < -0.4 is 0 Å². The second-order valence-corrected chi connectivity index (χ2v) is 5.61. The number of hydrogen-bond acceptors (Lipinski definition) is 3. The van der Waals surface area contributed by atoms with Gasteiger partial charge in [0.1, 0.15) is 5.41 Å². The third kappa shape index (κ3) is 2.82. The Labute approximate surface area is 136 Å². The summed E-state index contributed by atoms with van der Waals surface area (Å²) in [5.41, 5.74) is 3.09. The van der Waals surface area contributed by atoms with Crippen LogP contribution in [0.4, 0.5) is 0 Å². The highest BCUT2D eigenvalue weighted by molar-refractivity contribution is 6.25. The molecule has 3 heteroatoms. The van der Waals surface area contributed by atoms with Crippen LogP contribution in [0.3, 0.4) is 0 Å². The van der Waals surface area contributed by atoms with E-state index in [1.807, 2.05) is 73.7 Å². The van der Waals surface area contributed by atoms with Crippen molar-refractivity contribution in [2.24, 2.45) is 10.4 Å². The van der Waals surface area contributed by atoms with Crippen molar-refractivity contribution in [2.75, 3.05) is 7.11 Å². The SMILES string of the molecule is COC(=O)C1(C(C)=NCc2ccccc2)C=C1c1ccccc1. The van der Waals surface area contributed by atoms with Gasteiger partial charge in [-0.3, -0.25) is 9.79 Å². The number of nitrogens with zero attached hydrogens (tertiary/aromatic N) is 1. The molecule has 0 radical (unpaired) electrons. The number of carbonyl (C=O) groups excluding carboxylic acids is 1. The van der Waals surface area contributed by atoms with Gasteiger partial charge in [0.15, 0.2) is 0 Å². The fraction of sp³-hybridized carbons (Fsp3) is 0.200. The first-order valence-corrected chi connectivity index (χ1v) is 7.61. The Morgan fingerprint density at radius 2 is 1.65 bits per heavy atom. The molecular formula is C20H19NO2. The average Bonchev–Trinajstić information content (AvgIpc) is 3.37. The normalized spacial score (nSPS) is 19.9. The van der Waals surface area contributed by atoms with E-state index in [2.05, 4.69) is 4.99 Å². The van der Waals surface area contributed by atoms with Gasteiger partial charge >= 0.3 is 5.97 Å². The molecule has 23 heavy (non-hydrogen) atoms. The van der Waals surface area contributed by atoms with Gasteiger partial charge in [0.05, 0.1) is 13.7 Å². The number of benzene rings is 2. The van der Waals surface area contributed by atoms with E-state index in [9.17, 15) is 4.79 Å². The fourth-order valence-corrected chi connectivity index (χ4v) is 2.80. The first kappa shape index (κ1) is 15.2. The highest BCUT2D eigenvalue weighted by Crippen LogP contribution is 2.53. The largest absolute Gasteiger partial charge is 0.468 e. The molecule has 0 saturated carbocycles. The van der Waals surface area contributed by atoms with E-state index in [1.165, 1.54) is 7.11 Å². The van der Waals surface area contributed by atoms with Crippen LogP contribution in [0.5, 0.6) is 0 Å². The van der Waals surface area contributed by atoms with Crippen molar-refractivity contribution in [1.82, 2.24) is 0 Å². The van der Waals surface area contributed by atoms with Gasteiger partial charge < -0.3 is 4.74 Å². The molecule has 0 aromatic heterocycles. The molecular weight excluding hydrogens is 286 g/mol. The predicted molar refractivity (Wildman–Crippen MR) is 92.1 cm³/mol. The zero-order valence-electron chi connectivity index (χ0n) is 13.3. The van der Waals surface area contributed by atoms with Gasteiger partial charge in [-0.1, -0.05) is 66.7 Å². The molecule has 0 saturated heterocycles. The van der Waals surface area contributed by atoms with E-state index < -0.39 is 5.41 Å². The van der Waals surface area contributed by atoms with Crippen LogP contribution >= 0.6 is 0 Å². The van der Waals surface area contributed by atoms with Gasteiger partial charge in [-0.15, -0.1) is 0 Å². The molecule has 2 aromatic carbocycles. The van der Waals surface area contributed by atoms with Gasteiger partial charge in [0.2, 0.25) is 0 Å². The van der Waals surface area contributed by atoms with E-state index in [-0.39, 0.29) is 5.97 Å². The van der Waals surface area contributed by atoms with Crippen molar-refractivity contribution in [2.45, 2.75) is 13.5 Å². The molecule has 1 aliphatic carbocycles. The third-order valence-electron chi connectivity index (χ3n) is 4.21. The highest BCUT2D eigenvalue weighted by Gasteiger charge is 2.55. The minimum Gasteiger partial charge on any atom is -0.468 e. The van der Waals surface area contributed by atoms with Gasteiger partial charge in [-0.25, -0.2) is 0 Å². The van der Waals surface area contributed by atoms with Crippen LogP contribution in [0, 0.1) is 5.41 Å². The van der Waals surface area contributed by atoms with Crippen LogP contribution in [0.2, 0.25) is 0 Å². The maximum Gasteiger partial charge on any atom is 0.326 e. The van der Waals surface area contributed by atoms with Crippen LogP contribution in [-0.4, -0.2) is 18.8 Å². The molecule has 0 aliphatic heterocycles. The topological polar surface area (TPSA) is 38.7 Å². The molecule has 0 amide bonds. The first-order valence-electron chi connectivity index (χ1n) is 7.61. The maximum absolute atomic E-state index is 12.4. The number of aliphatic imine (C=N–C) groups is 1. The Morgan fingerprint density at radius 1 is 1.04 bits per heavy atom. The molecule has 1 atom stereocenters. The van der Waals surface area contributed by atoms with E-state index in [1.54, 1.807) is 0 Å². The molecule has 1 aliphatic rings. The van der Waals surface area contributed by atoms with Gasteiger partial charge in [-0.2, -0.15) is 0 Å². The number of hydrogen-bond donors (Lipinski definition) is 0. The van der Waals surface area contributed by atoms with Gasteiger partial charge in [0, 0.05) is 5.71 Å². The Kier molecular flexibility index (Phi) is 4.11. The quantitative estimate of drug-likeness (QED) is 0.620. The number of methoxy groups -OCH3 is 1. The summed E-state index contributed by atoms with van der Waals surface area (Å²) in [7, 11) is 1.42. The van der Waals surface area contributed by atoms with Crippen molar-refractivity contribution in [3.05, 3.63) is 77.9 Å². The Morgan fingerprint density at radius 3 is 2.26 bits per heavy atom. The second-order valence-electron chi connectivity index (χ2n) is 5.61. The lowest BCUT2D eigenvalue weighted by molar-refractivity contribution is -0.143. The number of ether oxygens (including phenoxy) is 1. The van der Waals surface area contributed by atoms with Crippen molar-refractivity contribution in [3.8, 4) is 0 Å². The van der Waals surface area contributed by atoms with E-state index in [0.29, 0.717) is 6.54 Å². The van der Waals surface area contributed by atoms with Crippen molar-refractivity contribution in [1.29, 1.82) is 0 Å². The molecule has 0 N–H and O–H groups in total. The number of esters is 1. The predicted octanol–water partition coefficient (Wildman–Crippen LogP) is 3.90. The standard InChI is InChI=1S/C20H19NO2/c1-15(21-14-16-9-5-3-6-10-16)20(19(22)23-2)13-18(20)17-11-7-4-8-12-17/h3-13H,14H2,1-2H3. The molecule has 0 fully saturated rings.